The van der Waals surface area contributed by atoms with Crippen LogP contribution in [0.15, 0.2) is 33.4 Å². The number of hydrogen-bond donors (Lipinski definition) is 2. The minimum absolute atomic E-state index is 0.0379. The zero-order chi connectivity index (χ0) is 14.9. The summed E-state index contributed by atoms with van der Waals surface area (Å²) in [6.07, 6.45) is 1.04. The molecule has 1 aromatic carbocycles. The van der Waals surface area contributed by atoms with E-state index in [4.69, 9.17) is 9.52 Å². The summed E-state index contributed by atoms with van der Waals surface area (Å²) < 4.78 is 5.89. The molecule has 2 rings (SSSR count). The quantitative estimate of drug-likeness (QED) is 0.896. The molecular formula is C14H12BrNO4. The molecule has 0 aliphatic carbocycles. The van der Waals surface area contributed by atoms with Crippen LogP contribution in [-0.2, 0) is 0 Å². The van der Waals surface area contributed by atoms with Crippen LogP contribution in [0, 0.1) is 13.8 Å². The minimum Gasteiger partial charge on any atom is -0.478 e. The standard InChI is InChI=1S/C14H12BrNO4/c1-7-3-10(15)4-8(2)12(7)16-13(17)11-5-9(6-20-11)14(18)19/h3-6H,1-2H3,(H,16,17)(H,18,19). The predicted octanol–water partition coefficient (Wildman–Crippen LogP) is 3.61. The topological polar surface area (TPSA) is 79.5 Å². The summed E-state index contributed by atoms with van der Waals surface area (Å²) in [5, 5.41) is 11.5. The SMILES string of the molecule is Cc1cc(Br)cc(C)c1NC(=O)c1cc(C(=O)O)co1. The van der Waals surface area contributed by atoms with Crippen molar-refractivity contribution < 1.29 is 19.1 Å². The fraction of sp³-hybridized carbons (Fsp3) is 0.143. The van der Waals surface area contributed by atoms with E-state index in [1.807, 2.05) is 26.0 Å². The van der Waals surface area contributed by atoms with Crippen LogP contribution in [0.1, 0.15) is 32.0 Å². The number of carboxylic acids is 1. The molecule has 0 unspecified atom stereocenters. The largest absolute Gasteiger partial charge is 0.478 e. The third-order valence-electron chi connectivity index (χ3n) is 2.81. The summed E-state index contributed by atoms with van der Waals surface area (Å²) in [5.41, 5.74) is 2.43. The molecule has 0 fully saturated rings. The highest BCUT2D eigenvalue weighted by atomic mass is 79.9. The van der Waals surface area contributed by atoms with Crippen molar-refractivity contribution in [1.82, 2.24) is 0 Å². The fourth-order valence-corrected chi connectivity index (χ4v) is 2.54. The summed E-state index contributed by atoms with van der Waals surface area (Å²) in [4.78, 5) is 22.8. The van der Waals surface area contributed by atoms with Crippen molar-refractivity contribution in [2.24, 2.45) is 0 Å². The van der Waals surface area contributed by atoms with Crippen molar-refractivity contribution in [3.8, 4) is 0 Å². The molecule has 20 heavy (non-hydrogen) atoms. The maximum absolute atomic E-state index is 12.0. The number of halogens is 1. The number of anilines is 1. The van der Waals surface area contributed by atoms with Crippen LogP contribution in [0.4, 0.5) is 5.69 Å². The second-order valence-corrected chi connectivity index (χ2v) is 5.29. The number of carbonyl (C=O) groups is 2. The van der Waals surface area contributed by atoms with E-state index in [0.29, 0.717) is 5.69 Å². The Kier molecular flexibility index (Phi) is 3.94. The highest BCUT2D eigenvalue weighted by Crippen LogP contribution is 2.25. The second kappa shape index (κ2) is 5.50. The molecule has 5 nitrogen and oxygen atoms in total. The van der Waals surface area contributed by atoms with E-state index in [0.717, 1.165) is 21.9 Å². The van der Waals surface area contributed by atoms with Crippen LogP contribution in [0.3, 0.4) is 0 Å². The van der Waals surface area contributed by atoms with Crippen LogP contribution in [-0.4, -0.2) is 17.0 Å². The van der Waals surface area contributed by atoms with E-state index >= 15 is 0 Å². The lowest BCUT2D eigenvalue weighted by Crippen LogP contribution is -2.13. The van der Waals surface area contributed by atoms with Crippen molar-refractivity contribution in [2.45, 2.75) is 13.8 Å². The molecule has 0 saturated carbocycles. The Morgan fingerprint density at radius 3 is 2.30 bits per heavy atom. The van der Waals surface area contributed by atoms with Gasteiger partial charge >= 0.3 is 5.97 Å². The molecule has 0 aliphatic rings. The van der Waals surface area contributed by atoms with Crippen LogP contribution >= 0.6 is 15.9 Å². The lowest BCUT2D eigenvalue weighted by atomic mass is 10.1. The van der Waals surface area contributed by atoms with Gasteiger partial charge in [-0.25, -0.2) is 4.79 Å². The first-order valence-corrected chi connectivity index (χ1v) is 6.57. The first-order chi connectivity index (χ1) is 9.38. The highest BCUT2D eigenvalue weighted by molar-refractivity contribution is 9.10. The monoisotopic (exact) mass is 337 g/mol. The molecule has 0 bridgehead atoms. The third-order valence-corrected chi connectivity index (χ3v) is 3.26. The van der Waals surface area contributed by atoms with Crippen LogP contribution in [0.5, 0.6) is 0 Å². The second-order valence-electron chi connectivity index (χ2n) is 4.37. The van der Waals surface area contributed by atoms with Gasteiger partial charge in [0.15, 0.2) is 5.76 Å². The van der Waals surface area contributed by atoms with E-state index in [-0.39, 0.29) is 11.3 Å². The summed E-state index contributed by atoms with van der Waals surface area (Å²) >= 11 is 3.38. The zero-order valence-electron chi connectivity index (χ0n) is 10.9. The Bertz CT molecular complexity index is 667. The molecule has 0 spiro atoms. The maximum atomic E-state index is 12.0. The third kappa shape index (κ3) is 2.91. The Hall–Kier alpha value is -2.08. The van der Waals surface area contributed by atoms with E-state index in [1.165, 1.54) is 6.07 Å². The molecule has 1 heterocycles. The minimum atomic E-state index is -1.14. The molecule has 0 saturated heterocycles. The fourth-order valence-electron chi connectivity index (χ4n) is 1.85. The first kappa shape index (κ1) is 14.3. The molecule has 0 atom stereocenters. The predicted molar refractivity (Wildman–Crippen MR) is 77.2 cm³/mol. The lowest BCUT2D eigenvalue weighted by Gasteiger charge is -2.11. The van der Waals surface area contributed by atoms with Gasteiger partial charge in [0.05, 0.1) is 5.56 Å². The van der Waals surface area contributed by atoms with Crippen LogP contribution < -0.4 is 5.32 Å². The molecule has 0 aliphatic heterocycles. The van der Waals surface area contributed by atoms with E-state index < -0.39 is 11.9 Å². The van der Waals surface area contributed by atoms with Gasteiger partial charge in [-0.2, -0.15) is 0 Å². The highest BCUT2D eigenvalue weighted by Gasteiger charge is 2.16. The van der Waals surface area contributed by atoms with Crippen molar-refractivity contribution in [3.63, 3.8) is 0 Å². The normalized spacial score (nSPS) is 10.3. The molecule has 1 amide bonds. The number of carbonyl (C=O) groups excluding carboxylic acids is 1. The molecule has 1 aromatic heterocycles. The Labute approximate surface area is 123 Å². The number of aryl methyl sites for hydroxylation is 2. The number of nitrogens with one attached hydrogen (secondary N) is 1. The number of hydrogen-bond acceptors (Lipinski definition) is 3. The number of furan rings is 1. The molecule has 104 valence electrons. The van der Waals surface area contributed by atoms with Crippen molar-refractivity contribution in [3.05, 3.63) is 51.4 Å². The number of benzene rings is 1. The van der Waals surface area contributed by atoms with Gasteiger partial charge < -0.3 is 14.8 Å². The maximum Gasteiger partial charge on any atom is 0.338 e. The number of rotatable bonds is 3. The lowest BCUT2D eigenvalue weighted by molar-refractivity contribution is 0.0696. The summed E-state index contributed by atoms with van der Waals surface area (Å²) in [6.45, 7) is 3.75. The summed E-state index contributed by atoms with van der Waals surface area (Å²) in [6, 6.07) is 4.96. The summed E-state index contributed by atoms with van der Waals surface area (Å²) in [5.74, 6) is -1.65. The van der Waals surface area contributed by atoms with Crippen molar-refractivity contribution in [1.29, 1.82) is 0 Å². The zero-order valence-corrected chi connectivity index (χ0v) is 12.4. The van der Waals surface area contributed by atoms with Crippen LogP contribution in [0.25, 0.3) is 0 Å². The molecule has 0 radical (unpaired) electrons. The van der Waals surface area contributed by atoms with Gasteiger partial charge in [-0.05, 0) is 37.1 Å². The Morgan fingerprint density at radius 2 is 1.80 bits per heavy atom. The van der Waals surface area contributed by atoms with Gasteiger partial charge in [-0.3, -0.25) is 4.79 Å². The van der Waals surface area contributed by atoms with Gasteiger partial charge in [0.25, 0.3) is 5.91 Å². The van der Waals surface area contributed by atoms with E-state index in [2.05, 4.69) is 21.2 Å². The van der Waals surface area contributed by atoms with E-state index in [9.17, 15) is 9.59 Å². The first-order valence-electron chi connectivity index (χ1n) is 5.78. The summed E-state index contributed by atoms with van der Waals surface area (Å²) in [7, 11) is 0. The number of amides is 1. The van der Waals surface area contributed by atoms with Crippen LogP contribution in [0.2, 0.25) is 0 Å². The molecule has 6 heteroatoms. The smallest absolute Gasteiger partial charge is 0.338 e. The molecule has 2 aromatic rings. The number of aromatic carboxylic acids is 1. The van der Waals surface area contributed by atoms with Gasteiger partial charge in [0, 0.05) is 16.2 Å². The van der Waals surface area contributed by atoms with Gasteiger partial charge in [0.1, 0.15) is 6.26 Å². The average molecular weight is 338 g/mol. The molecular weight excluding hydrogens is 326 g/mol. The Morgan fingerprint density at radius 1 is 1.20 bits per heavy atom. The number of carboxylic acid groups (broad SMARTS) is 1. The molecule has 2 N–H and O–H groups in total. The van der Waals surface area contributed by atoms with Gasteiger partial charge in [0.2, 0.25) is 0 Å². The van der Waals surface area contributed by atoms with E-state index in [1.54, 1.807) is 0 Å². The van der Waals surface area contributed by atoms with Gasteiger partial charge in [-0.15, -0.1) is 0 Å². The average Bonchev–Trinajstić information content (AvgIpc) is 2.83. The van der Waals surface area contributed by atoms with Crippen molar-refractivity contribution in [2.75, 3.05) is 5.32 Å². The Balaban J connectivity index is 2.25. The van der Waals surface area contributed by atoms with Gasteiger partial charge in [-0.1, -0.05) is 15.9 Å². The van der Waals surface area contributed by atoms with Crippen molar-refractivity contribution >= 4 is 33.5 Å².